The van der Waals surface area contributed by atoms with Crippen LogP contribution in [0, 0.1) is 5.92 Å². The lowest BCUT2D eigenvalue weighted by Gasteiger charge is -2.17. The number of hydrogen-bond donors (Lipinski definition) is 1. The second-order valence-electron chi connectivity index (χ2n) is 8.04. The van der Waals surface area contributed by atoms with Crippen LogP contribution in [0.3, 0.4) is 0 Å². The van der Waals surface area contributed by atoms with Crippen LogP contribution in [-0.4, -0.2) is 20.7 Å². The molecule has 1 aromatic carbocycles. The van der Waals surface area contributed by atoms with E-state index in [0.717, 1.165) is 30.5 Å². The molecule has 1 N–H and O–H groups in total. The third-order valence-electron chi connectivity index (χ3n) is 6.30. The van der Waals surface area contributed by atoms with Crippen LogP contribution >= 0.6 is 0 Å². The molecule has 3 aliphatic rings. The lowest BCUT2D eigenvalue weighted by atomic mass is 10.0. The van der Waals surface area contributed by atoms with E-state index in [-0.39, 0.29) is 11.4 Å². The predicted molar refractivity (Wildman–Crippen MR) is 101 cm³/mol. The molecule has 2 heterocycles. The molecule has 5 nitrogen and oxygen atoms in total. The first kappa shape index (κ1) is 15.1. The number of nitrogens with zero attached hydrogens (tertiary/aromatic N) is 3. The van der Waals surface area contributed by atoms with Gasteiger partial charge < -0.3 is 5.32 Å². The molecule has 3 aliphatic carbocycles. The lowest BCUT2D eigenvalue weighted by Crippen LogP contribution is -2.35. The van der Waals surface area contributed by atoms with Gasteiger partial charge in [0.25, 0.3) is 5.91 Å². The monoisotopic (exact) mass is 356 g/mol. The highest BCUT2D eigenvalue weighted by atomic mass is 16.2. The molecule has 5 heteroatoms. The minimum atomic E-state index is -0.217. The van der Waals surface area contributed by atoms with Crippen LogP contribution in [0.2, 0.25) is 0 Å². The first-order valence-corrected chi connectivity index (χ1v) is 9.65. The SMILES string of the molecule is O=C(NC1(c2ccccc2)CC1)c1nn(-c2cccnc2)c2c1C[C@H]1C[C@@H]21. The number of fused-ring (bicyclic) bond motifs is 3. The van der Waals surface area contributed by atoms with Gasteiger partial charge in [-0.15, -0.1) is 0 Å². The van der Waals surface area contributed by atoms with E-state index in [2.05, 4.69) is 22.4 Å². The molecule has 2 fully saturated rings. The van der Waals surface area contributed by atoms with Gasteiger partial charge in [-0.3, -0.25) is 9.78 Å². The number of carbonyl (C=O) groups is 1. The third kappa shape index (κ3) is 2.27. The van der Waals surface area contributed by atoms with Gasteiger partial charge in [0, 0.05) is 17.7 Å². The summed E-state index contributed by atoms with van der Waals surface area (Å²) >= 11 is 0. The van der Waals surface area contributed by atoms with E-state index in [9.17, 15) is 4.79 Å². The van der Waals surface area contributed by atoms with E-state index < -0.39 is 0 Å². The molecule has 2 atom stereocenters. The number of rotatable bonds is 4. The smallest absolute Gasteiger partial charge is 0.272 e. The summed E-state index contributed by atoms with van der Waals surface area (Å²) in [5.74, 6) is 1.20. The summed E-state index contributed by atoms with van der Waals surface area (Å²) in [7, 11) is 0. The molecule has 2 saturated carbocycles. The molecule has 27 heavy (non-hydrogen) atoms. The molecule has 0 saturated heterocycles. The lowest BCUT2D eigenvalue weighted by molar-refractivity contribution is 0.0924. The van der Waals surface area contributed by atoms with Crippen molar-refractivity contribution in [3.8, 4) is 5.69 Å². The number of pyridine rings is 1. The zero-order chi connectivity index (χ0) is 18.0. The first-order valence-electron chi connectivity index (χ1n) is 9.65. The maximum Gasteiger partial charge on any atom is 0.272 e. The summed E-state index contributed by atoms with van der Waals surface area (Å²) in [5, 5.41) is 8.04. The van der Waals surface area contributed by atoms with Crippen LogP contribution in [0.4, 0.5) is 0 Å². The van der Waals surface area contributed by atoms with Crippen LogP contribution < -0.4 is 5.32 Å². The summed E-state index contributed by atoms with van der Waals surface area (Å²) in [4.78, 5) is 17.4. The summed E-state index contributed by atoms with van der Waals surface area (Å²) in [5.41, 5.74) is 4.87. The van der Waals surface area contributed by atoms with Gasteiger partial charge in [0.15, 0.2) is 5.69 Å². The molecule has 0 spiro atoms. The van der Waals surface area contributed by atoms with Crippen molar-refractivity contribution in [2.75, 3.05) is 0 Å². The molecular weight excluding hydrogens is 336 g/mol. The summed E-state index contributed by atoms with van der Waals surface area (Å²) in [6.45, 7) is 0. The fraction of sp³-hybridized carbons (Fsp3) is 0.318. The van der Waals surface area contributed by atoms with Crippen molar-refractivity contribution in [1.82, 2.24) is 20.1 Å². The second-order valence-corrected chi connectivity index (χ2v) is 8.04. The topological polar surface area (TPSA) is 59.8 Å². The van der Waals surface area contributed by atoms with Crippen LogP contribution in [0.15, 0.2) is 54.9 Å². The number of aromatic nitrogens is 3. The molecule has 0 aliphatic heterocycles. The maximum atomic E-state index is 13.2. The van der Waals surface area contributed by atoms with Gasteiger partial charge in [-0.05, 0) is 49.3 Å². The molecule has 1 amide bonds. The highest BCUT2D eigenvalue weighted by molar-refractivity contribution is 5.95. The zero-order valence-electron chi connectivity index (χ0n) is 14.9. The Kier molecular flexibility index (Phi) is 2.96. The number of nitrogens with one attached hydrogen (secondary N) is 1. The molecule has 134 valence electrons. The maximum absolute atomic E-state index is 13.2. The Bertz CT molecular complexity index is 1040. The van der Waals surface area contributed by atoms with Crippen LogP contribution in [0.25, 0.3) is 5.69 Å². The standard InChI is InChI=1S/C22H20N4O/c27-21(24-22(8-9-22)15-5-2-1-3-6-15)19-18-12-14-11-17(14)20(18)26(25-19)16-7-4-10-23-13-16/h1-7,10,13-14,17H,8-9,11-12H2,(H,24,27)/t14-,17-/m1/s1. The van der Waals surface area contributed by atoms with Crippen molar-refractivity contribution in [3.05, 3.63) is 77.4 Å². The molecule has 0 radical (unpaired) electrons. The van der Waals surface area contributed by atoms with Gasteiger partial charge in [-0.25, -0.2) is 4.68 Å². The average Bonchev–Trinajstić information content (AvgIpc) is 3.59. The minimum Gasteiger partial charge on any atom is -0.341 e. The molecule has 0 bridgehead atoms. The quantitative estimate of drug-likeness (QED) is 0.780. The Morgan fingerprint density at radius 3 is 2.74 bits per heavy atom. The van der Waals surface area contributed by atoms with E-state index >= 15 is 0 Å². The first-order chi connectivity index (χ1) is 13.3. The van der Waals surface area contributed by atoms with E-state index in [4.69, 9.17) is 5.10 Å². The highest BCUT2D eigenvalue weighted by Crippen LogP contribution is 2.57. The molecule has 3 aromatic rings. The normalized spacial score (nSPS) is 23.4. The number of amides is 1. The van der Waals surface area contributed by atoms with E-state index in [1.54, 1.807) is 6.20 Å². The average molecular weight is 356 g/mol. The van der Waals surface area contributed by atoms with Crippen molar-refractivity contribution >= 4 is 5.91 Å². The zero-order valence-corrected chi connectivity index (χ0v) is 14.9. The van der Waals surface area contributed by atoms with Gasteiger partial charge in [0.2, 0.25) is 0 Å². The Labute approximate surface area is 157 Å². The van der Waals surface area contributed by atoms with Crippen molar-refractivity contribution in [3.63, 3.8) is 0 Å². The Balaban J connectivity index is 1.37. The fourth-order valence-electron chi connectivity index (χ4n) is 4.62. The van der Waals surface area contributed by atoms with Crippen molar-refractivity contribution in [2.24, 2.45) is 5.92 Å². The summed E-state index contributed by atoms with van der Waals surface area (Å²) in [6.07, 6.45) is 7.74. The number of carbonyl (C=O) groups excluding carboxylic acids is 1. The van der Waals surface area contributed by atoms with E-state index in [0.29, 0.717) is 17.5 Å². The van der Waals surface area contributed by atoms with Gasteiger partial charge in [-0.1, -0.05) is 30.3 Å². The second kappa shape index (κ2) is 5.28. The van der Waals surface area contributed by atoms with E-state index in [1.165, 1.54) is 17.7 Å². The van der Waals surface area contributed by atoms with Crippen molar-refractivity contribution in [2.45, 2.75) is 37.1 Å². The fourth-order valence-corrected chi connectivity index (χ4v) is 4.62. The van der Waals surface area contributed by atoms with Gasteiger partial charge >= 0.3 is 0 Å². The molecule has 0 unspecified atom stereocenters. The van der Waals surface area contributed by atoms with Crippen molar-refractivity contribution in [1.29, 1.82) is 0 Å². The molecule has 6 rings (SSSR count). The van der Waals surface area contributed by atoms with E-state index in [1.807, 2.05) is 41.2 Å². The summed E-state index contributed by atoms with van der Waals surface area (Å²) in [6, 6.07) is 14.2. The minimum absolute atomic E-state index is 0.0449. The molecule has 2 aromatic heterocycles. The highest BCUT2D eigenvalue weighted by Gasteiger charge is 2.51. The third-order valence-corrected chi connectivity index (χ3v) is 6.30. The van der Waals surface area contributed by atoms with Gasteiger partial charge in [-0.2, -0.15) is 5.10 Å². The number of benzene rings is 1. The van der Waals surface area contributed by atoms with Crippen LogP contribution in [0.1, 0.15) is 52.5 Å². The summed E-state index contributed by atoms with van der Waals surface area (Å²) < 4.78 is 1.96. The molecular formula is C22H20N4O. The van der Waals surface area contributed by atoms with Crippen molar-refractivity contribution < 1.29 is 4.79 Å². The van der Waals surface area contributed by atoms with Crippen LogP contribution in [0.5, 0.6) is 0 Å². The van der Waals surface area contributed by atoms with Crippen LogP contribution in [-0.2, 0) is 12.0 Å². The largest absolute Gasteiger partial charge is 0.341 e. The number of hydrogen-bond acceptors (Lipinski definition) is 3. The van der Waals surface area contributed by atoms with Gasteiger partial charge in [0.1, 0.15) is 0 Å². The predicted octanol–water partition coefficient (Wildman–Crippen LogP) is 3.35. The Hall–Kier alpha value is -2.95. The Morgan fingerprint density at radius 1 is 1.15 bits per heavy atom. The Morgan fingerprint density at radius 2 is 2.00 bits per heavy atom. The van der Waals surface area contributed by atoms with Gasteiger partial charge in [0.05, 0.1) is 23.1 Å².